The van der Waals surface area contributed by atoms with Crippen LogP contribution in [0, 0.1) is 6.92 Å². The number of halogens is 2. The van der Waals surface area contributed by atoms with Crippen molar-refractivity contribution in [1.82, 2.24) is 10.2 Å². The molecule has 2 amide bonds. The zero-order valence-electron chi connectivity index (χ0n) is 20.8. The molecule has 36 heavy (non-hydrogen) atoms. The van der Waals surface area contributed by atoms with Gasteiger partial charge in [0, 0.05) is 17.6 Å². The van der Waals surface area contributed by atoms with E-state index < -0.39 is 28.5 Å². The Morgan fingerprint density at radius 3 is 2.31 bits per heavy atom. The first-order chi connectivity index (χ1) is 17.0. The first-order valence-corrected chi connectivity index (χ1v) is 14.6. The number of hydrogen-bond acceptors (Lipinski definition) is 4. The second-order valence-electron chi connectivity index (χ2n) is 9.39. The Hall–Kier alpha value is -2.29. The summed E-state index contributed by atoms with van der Waals surface area (Å²) in [7, 11) is -3.89. The maximum Gasteiger partial charge on any atom is 0.244 e. The van der Waals surface area contributed by atoms with Gasteiger partial charge in [-0.05, 0) is 50.5 Å². The third-order valence-electron chi connectivity index (χ3n) is 6.45. The molecular weight excluding hydrogens is 521 g/mol. The number of hydrogen-bond donors (Lipinski definition) is 1. The SMILES string of the molecule is Cc1ccc(CN(C(=O)CN(c2cc(Cl)ccc2Cl)S(C)(=O)=O)[C@H](C)C(=O)NC2CCCCC2)cc1. The zero-order valence-corrected chi connectivity index (χ0v) is 23.2. The van der Waals surface area contributed by atoms with Crippen molar-refractivity contribution in [3.8, 4) is 0 Å². The maximum atomic E-state index is 13.6. The van der Waals surface area contributed by atoms with Gasteiger partial charge in [-0.1, -0.05) is 72.3 Å². The van der Waals surface area contributed by atoms with Crippen molar-refractivity contribution in [2.24, 2.45) is 0 Å². The summed E-state index contributed by atoms with van der Waals surface area (Å²) in [5.74, 6) is -0.780. The van der Waals surface area contributed by atoms with Crippen LogP contribution in [-0.4, -0.2) is 50.0 Å². The average Bonchev–Trinajstić information content (AvgIpc) is 2.83. The average molecular weight is 555 g/mol. The molecule has 0 spiro atoms. The fraction of sp³-hybridized carbons (Fsp3) is 0.462. The molecule has 0 saturated heterocycles. The van der Waals surface area contributed by atoms with Crippen LogP contribution in [0.3, 0.4) is 0 Å². The lowest BCUT2D eigenvalue weighted by molar-refractivity contribution is -0.139. The van der Waals surface area contributed by atoms with Crippen molar-refractivity contribution in [3.05, 3.63) is 63.6 Å². The maximum absolute atomic E-state index is 13.6. The second-order valence-corrected chi connectivity index (χ2v) is 12.1. The molecule has 2 aromatic rings. The summed E-state index contributed by atoms with van der Waals surface area (Å²) in [4.78, 5) is 28.2. The summed E-state index contributed by atoms with van der Waals surface area (Å²) in [6.07, 6.45) is 6.12. The number of carbonyl (C=O) groups is 2. The van der Waals surface area contributed by atoms with Gasteiger partial charge in [0.05, 0.1) is 17.0 Å². The minimum Gasteiger partial charge on any atom is -0.352 e. The third kappa shape index (κ3) is 7.60. The number of sulfonamides is 1. The predicted octanol–water partition coefficient (Wildman–Crippen LogP) is 4.93. The normalized spacial score (nSPS) is 15.2. The van der Waals surface area contributed by atoms with Gasteiger partial charge in [-0.25, -0.2) is 8.42 Å². The number of rotatable bonds is 9. The Bertz CT molecular complexity index is 1180. The lowest BCUT2D eigenvalue weighted by Crippen LogP contribution is -2.53. The lowest BCUT2D eigenvalue weighted by Gasteiger charge is -2.33. The van der Waals surface area contributed by atoms with Gasteiger partial charge >= 0.3 is 0 Å². The van der Waals surface area contributed by atoms with Gasteiger partial charge in [0.2, 0.25) is 21.8 Å². The highest BCUT2D eigenvalue weighted by Crippen LogP contribution is 2.31. The van der Waals surface area contributed by atoms with Crippen molar-refractivity contribution in [2.75, 3.05) is 17.1 Å². The first kappa shape index (κ1) is 28.3. The molecule has 0 unspecified atom stereocenters. The Morgan fingerprint density at radius 1 is 1.06 bits per heavy atom. The molecule has 1 atom stereocenters. The van der Waals surface area contributed by atoms with E-state index in [1.165, 1.54) is 23.1 Å². The lowest BCUT2D eigenvalue weighted by atomic mass is 9.95. The molecule has 3 rings (SSSR count). The highest BCUT2D eigenvalue weighted by Gasteiger charge is 2.31. The van der Waals surface area contributed by atoms with E-state index in [1.807, 2.05) is 31.2 Å². The molecule has 7 nitrogen and oxygen atoms in total. The van der Waals surface area contributed by atoms with Crippen LogP contribution in [-0.2, 0) is 26.2 Å². The summed E-state index contributed by atoms with van der Waals surface area (Å²) in [6, 6.07) is 11.3. The van der Waals surface area contributed by atoms with Crippen molar-refractivity contribution in [2.45, 2.75) is 64.6 Å². The highest BCUT2D eigenvalue weighted by atomic mass is 35.5. The van der Waals surface area contributed by atoms with Crippen LogP contribution in [0.15, 0.2) is 42.5 Å². The summed E-state index contributed by atoms with van der Waals surface area (Å²) >= 11 is 12.4. The molecule has 1 aliphatic carbocycles. The minimum atomic E-state index is -3.89. The number of amides is 2. The molecule has 0 radical (unpaired) electrons. The Labute approximate surface area is 223 Å². The van der Waals surface area contributed by atoms with Crippen molar-refractivity contribution < 1.29 is 18.0 Å². The first-order valence-electron chi connectivity index (χ1n) is 12.0. The second kappa shape index (κ2) is 12.3. The molecule has 1 saturated carbocycles. The zero-order chi connectivity index (χ0) is 26.5. The van der Waals surface area contributed by atoms with Gasteiger partial charge in [0.25, 0.3) is 0 Å². The standard InChI is InChI=1S/C26H33Cl2N3O4S/c1-18-9-11-20(12-10-18)16-30(19(2)26(33)29-22-7-5-4-6-8-22)25(32)17-31(36(3,34)35)24-15-21(27)13-14-23(24)28/h9-15,19,22H,4-8,16-17H2,1-3H3,(H,29,33)/t19-/m1/s1. The summed E-state index contributed by atoms with van der Waals surface area (Å²) in [6.45, 7) is 3.26. The number of benzene rings is 2. The Balaban J connectivity index is 1.89. The highest BCUT2D eigenvalue weighted by molar-refractivity contribution is 7.92. The molecule has 0 heterocycles. The fourth-order valence-corrected chi connectivity index (χ4v) is 5.60. The van der Waals surface area contributed by atoms with E-state index in [0.29, 0.717) is 0 Å². The number of anilines is 1. The van der Waals surface area contributed by atoms with Crippen LogP contribution in [0.25, 0.3) is 0 Å². The van der Waals surface area contributed by atoms with Crippen LogP contribution in [0.4, 0.5) is 5.69 Å². The molecule has 1 fully saturated rings. The summed E-state index contributed by atoms with van der Waals surface area (Å²) in [5.41, 5.74) is 2.01. The van der Waals surface area contributed by atoms with Gasteiger partial charge in [0.1, 0.15) is 12.6 Å². The van der Waals surface area contributed by atoms with E-state index in [-0.39, 0.29) is 34.2 Å². The number of carbonyl (C=O) groups excluding carboxylic acids is 2. The molecule has 2 aromatic carbocycles. The molecule has 0 aromatic heterocycles. The topological polar surface area (TPSA) is 86.8 Å². The van der Waals surface area contributed by atoms with Crippen molar-refractivity contribution >= 4 is 50.7 Å². The van der Waals surface area contributed by atoms with Gasteiger partial charge in [0.15, 0.2) is 0 Å². The quantitative estimate of drug-likeness (QED) is 0.476. The van der Waals surface area contributed by atoms with Crippen LogP contribution in [0.5, 0.6) is 0 Å². The van der Waals surface area contributed by atoms with E-state index in [9.17, 15) is 18.0 Å². The van der Waals surface area contributed by atoms with Crippen LogP contribution >= 0.6 is 23.2 Å². The molecule has 0 bridgehead atoms. The molecule has 10 heteroatoms. The van der Waals surface area contributed by atoms with E-state index in [2.05, 4.69) is 5.32 Å². The molecule has 1 N–H and O–H groups in total. The van der Waals surface area contributed by atoms with Crippen molar-refractivity contribution in [1.29, 1.82) is 0 Å². The monoisotopic (exact) mass is 553 g/mol. The van der Waals surface area contributed by atoms with E-state index in [0.717, 1.165) is 53.8 Å². The smallest absolute Gasteiger partial charge is 0.244 e. The van der Waals surface area contributed by atoms with E-state index in [4.69, 9.17) is 23.2 Å². The van der Waals surface area contributed by atoms with Crippen LogP contribution in [0.2, 0.25) is 10.0 Å². The van der Waals surface area contributed by atoms with Gasteiger partial charge in [-0.2, -0.15) is 0 Å². The van der Waals surface area contributed by atoms with Gasteiger partial charge < -0.3 is 10.2 Å². The predicted molar refractivity (Wildman–Crippen MR) is 145 cm³/mol. The van der Waals surface area contributed by atoms with E-state index in [1.54, 1.807) is 6.92 Å². The largest absolute Gasteiger partial charge is 0.352 e. The summed E-state index contributed by atoms with van der Waals surface area (Å²) < 4.78 is 26.3. The molecule has 196 valence electrons. The van der Waals surface area contributed by atoms with Crippen molar-refractivity contribution in [3.63, 3.8) is 0 Å². The fourth-order valence-electron chi connectivity index (χ4n) is 4.31. The van der Waals surface area contributed by atoms with Crippen LogP contribution < -0.4 is 9.62 Å². The third-order valence-corrected chi connectivity index (χ3v) is 8.13. The van der Waals surface area contributed by atoms with Gasteiger partial charge in [-0.15, -0.1) is 0 Å². The Morgan fingerprint density at radius 2 is 1.69 bits per heavy atom. The van der Waals surface area contributed by atoms with Crippen LogP contribution in [0.1, 0.15) is 50.2 Å². The molecule has 1 aliphatic rings. The van der Waals surface area contributed by atoms with E-state index >= 15 is 0 Å². The number of aryl methyl sites for hydroxylation is 1. The number of nitrogens with one attached hydrogen (secondary N) is 1. The minimum absolute atomic E-state index is 0.0859. The number of nitrogens with zero attached hydrogens (tertiary/aromatic N) is 2. The molecule has 0 aliphatic heterocycles. The summed E-state index contributed by atoms with van der Waals surface area (Å²) in [5, 5.41) is 3.51. The Kier molecular flexibility index (Phi) is 9.66. The van der Waals surface area contributed by atoms with Gasteiger partial charge in [-0.3, -0.25) is 13.9 Å². The molecular formula is C26H33Cl2N3O4S.